The Bertz CT molecular complexity index is 1160. The van der Waals surface area contributed by atoms with E-state index in [4.69, 9.17) is 14.2 Å². The van der Waals surface area contributed by atoms with E-state index in [1.807, 2.05) is 0 Å². The van der Waals surface area contributed by atoms with E-state index in [0.29, 0.717) is 50.2 Å². The first-order chi connectivity index (χ1) is 15.0. The van der Waals surface area contributed by atoms with E-state index in [9.17, 15) is 18.4 Å². The van der Waals surface area contributed by atoms with Crippen LogP contribution in [0, 0.1) is 34.7 Å². The van der Waals surface area contributed by atoms with Crippen LogP contribution in [0.4, 0.5) is 13.2 Å². The molecule has 6 rings (SSSR count). The van der Waals surface area contributed by atoms with Crippen molar-refractivity contribution in [3.63, 3.8) is 0 Å². The molecule has 2 heterocycles. The number of benzene rings is 2. The van der Waals surface area contributed by atoms with Crippen molar-refractivity contribution in [1.29, 1.82) is 5.26 Å². The lowest BCUT2D eigenvalue weighted by atomic mass is 9.54. The van der Waals surface area contributed by atoms with Crippen molar-refractivity contribution in [3.8, 4) is 17.2 Å². The van der Waals surface area contributed by atoms with E-state index in [1.165, 1.54) is 0 Å². The minimum Gasteiger partial charge on any atom is -0.497 e. The van der Waals surface area contributed by atoms with E-state index in [0.717, 1.165) is 16.7 Å². The quantitative estimate of drug-likeness (QED) is 0.674. The van der Waals surface area contributed by atoms with E-state index >= 15 is 0 Å². The topological polar surface area (TPSA) is 51.5 Å². The molecule has 0 bridgehead atoms. The third kappa shape index (κ3) is 2.43. The molecule has 4 aliphatic rings. The predicted molar refractivity (Wildman–Crippen MR) is 103 cm³/mol. The predicted octanol–water partition coefficient (Wildman–Crippen LogP) is 4.52. The summed E-state index contributed by atoms with van der Waals surface area (Å²) in [4.78, 5) is 0. The van der Waals surface area contributed by atoms with Crippen LogP contribution in [0.25, 0.3) is 11.1 Å². The van der Waals surface area contributed by atoms with Gasteiger partial charge < -0.3 is 14.2 Å². The lowest BCUT2D eigenvalue weighted by Crippen LogP contribution is -2.54. The molecule has 2 aromatic rings. The summed E-state index contributed by atoms with van der Waals surface area (Å²) in [5.74, 6) is -3.91. The zero-order valence-electron chi connectivity index (χ0n) is 16.5. The molecule has 4 nitrogen and oxygen atoms in total. The first-order valence-electron chi connectivity index (χ1n) is 10.3. The third-order valence-corrected chi connectivity index (χ3v) is 7.15. The average molecular weight is 425 g/mol. The Kier molecular flexibility index (Phi) is 3.87. The van der Waals surface area contributed by atoms with Crippen LogP contribution in [-0.4, -0.2) is 25.1 Å². The van der Waals surface area contributed by atoms with Crippen LogP contribution in [0.15, 0.2) is 42.2 Å². The highest BCUT2D eigenvalue weighted by molar-refractivity contribution is 5.68. The lowest BCUT2D eigenvalue weighted by molar-refractivity contribution is -0.154. The molecule has 2 aromatic carbocycles. The highest BCUT2D eigenvalue weighted by atomic mass is 19.1. The second kappa shape index (κ2) is 6.35. The van der Waals surface area contributed by atoms with Crippen molar-refractivity contribution in [2.75, 3.05) is 13.2 Å². The highest BCUT2D eigenvalue weighted by Crippen LogP contribution is 2.59. The summed E-state index contributed by atoms with van der Waals surface area (Å²) in [5.41, 5.74) is 1.71. The molecular formula is C24H18F3NO3. The number of hydrogen-bond donors (Lipinski definition) is 0. The maximum Gasteiger partial charge on any atom is 0.194 e. The fourth-order valence-electron chi connectivity index (χ4n) is 5.89. The van der Waals surface area contributed by atoms with Crippen molar-refractivity contribution in [2.24, 2.45) is 5.92 Å². The van der Waals surface area contributed by atoms with Crippen LogP contribution in [0.2, 0.25) is 0 Å². The van der Waals surface area contributed by atoms with E-state index in [1.54, 1.807) is 24.5 Å². The number of fused-ring (bicyclic) bond motifs is 3. The molecule has 31 heavy (non-hydrogen) atoms. The first-order valence-corrected chi connectivity index (χ1v) is 10.3. The van der Waals surface area contributed by atoms with Gasteiger partial charge in [0.05, 0.1) is 36.5 Å². The standard InChI is InChI=1S/C24H18F3NO3/c25-15-9-18(26)21(19(27)10-15)13-1-2-16-14(7-13)8-20-22-17(11-29-20)24(30-5-6-31-24)4-3-23(16,22)12-28/h1-2,7,9-11,20,22H,3-6,8H2. The Morgan fingerprint density at radius 2 is 1.74 bits per heavy atom. The molecular weight excluding hydrogens is 407 g/mol. The monoisotopic (exact) mass is 425 g/mol. The lowest BCUT2D eigenvalue weighted by Gasteiger charge is -2.49. The second-order valence-electron chi connectivity index (χ2n) is 8.58. The molecule has 0 radical (unpaired) electrons. The van der Waals surface area contributed by atoms with Gasteiger partial charge in [0.1, 0.15) is 23.6 Å². The number of halogens is 3. The molecule has 7 heteroatoms. The second-order valence-corrected chi connectivity index (χ2v) is 8.58. The molecule has 2 aliphatic heterocycles. The van der Waals surface area contributed by atoms with Gasteiger partial charge in [-0.1, -0.05) is 18.2 Å². The molecule has 2 aliphatic carbocycles. The molecule has 1 spiro atoms. The zero-order chi connectivity index (χ0) is 21.4. The van der Waals surface area contributed by atoms with Crippen LogP contribution in [0.3, 0.4) is 0 Å². The summed E-state index contributed by atoms with van der Waals surface area (Å²) < 4.78 is 60.0. The Hall–Kier alpha value is -2.82. The Balaban J connectivity index is 1.47. The molecule has 1 saturated carbocycles. The maximum atomic E-state index is 14.4. The number of ether oxygens (including phenoxy) is 3. The van der Waals surface area contributed by atoms with Gasteiger partial charge in [-0.2, -0.15) is 5.26 Å². The molecule has 3 atom stereocenters. The largest absolute Gasteiger partial charge is 0.497 e. The van der Waals surface area contributed by atoms with E-state index in [-0.39, 0.29) is 17.6 Å². The average Bonchev–Trinajstić information content (AvgIpc) is 3.38. The van der Waals surface area contributed by atoms with Gasteiger partial charge in [0.25, 0.3) is 0 Å². The van der Waals surface area contributed by atoms with Crippen LogP contribution in [-0.2, 0) is 26.0 Å². The van der Waals surface area contributed by atoms with Crippen LogP contribution in [0.5, 0.6) is 0 Å². The SMILES string of the molecule is N#CC12CCC3(OCCO3)C3=COC(Cc4cc(-c5c(F)cc(F)cc5F)ccc41)C32. The van der Waals surface area contributed by atoms with Gasteiger partial charge in [-0.05, 0) is 23.1 Å². The summed E-state index contributed by atoms with van der Waals surface area (Å²) in [5, 5.41) is 10.3. The summed E-state index contributed by atoms with van der Waals surface area (Å²) >= 11 is 0. The van der Waals surface area contributed by atoms with Crippen molar-refractivity contribution < 1.29 is 27.4 Å². The number of nitrogens with zero attached hydrogens (tertiary/aromatic N) is 1. The molecule has 0 aromatic heterocycles. The molecule has 0 N–H and O–H groups in total. The summed E-state index contributed by atoms with van der Waals surface area (Å²) in [6, 6.07) is 8.95. The Morgan fingerprint density at radius 1 is 1.00 bits per heavy atom. The highest BCUT2D eigenvalue weighted by Gasteiger charge is 2.63. The summed E-state index contributed by atoms with van der Waals surface area (Å²) in [6.45, 7) is 1.01. The molecule has 158 valence electrons. The number of nitriles is 1. The fourth-order valence-corrected chi connectivity index (χ4v) is 5.89. The minimum absolute atomic E-state index is 0.206. The Labute approximate surface area is 176 Å². The van der Waals surface area contributed by atoms with Crippen molar-refractivity contribution >= 4 is 0 Å². The molecule has 0 amide bonds. The van der Waals surface area contributed by atoms with Gasteiger partial charge in [-0.3, -0.25) is 0 Å². The van der Waals surface area contributed by atoms with Gasteiger partial charge in [0, 0.05) is 36.5 Å². The van der Waals surface area contributed by atoms with Gasteiger partial charge in [0.2, 0.25) is 0 Å². The van der Waals surface area contributed by atoms with Crippen molar-refractivity contribution in [2.45, 2.75) is 36.6 Å². The van der Waals surface area contributed by atoms with Gasteiger partial charge >= 0.3 is 0 Å². The van der Waals surface area contributed by atoms with Crippen LogP contribution in [0.1, 0.15) is 24.0 Å². The summed E-state index contributed by atoms with van der Waals surface area (Å²) in [7, 11) is 0. The normalized spacial score (nSPS) is 29.7. The molecule has 2 fully saturated rings. The first kappa shape index (κ1) is 18.9. The Morgan fingerprint density at radius 3 is 2.45 bits per heavy atom. The molecule has 3 unspecified atom stereocenters. The van der Waals surface area contributed by atoms with E-state index < -0.39 is 28.7 Å². The number of hydrogen-bond acceptors (Lipinski definition) is 4. The van der Waals surface area contributed by atoms with Gasteiger partial charge in [0.15, 0.2) is 5.79 Å². The van der Waals surface area contributed by atoms with Gasteiger partial charge in [-0.15, -0.1) is 0 Å². The van der Waals surface area contributed by atoms with Crippen molar-refractivity contribution in [1.82, 2.24) is 0 Å². The number of rotatable bonds is 1. The third-order valence-electron chi connectivity index (χ3n) is 7.15. The van der Waals surface area contributed by atoms with E-state index in [2.05, 4.69) is 6.07 Å². The minimum atomic E-state index is -0.964. The van der Waals surface area contributed by atoms with Gasteiger partial charge in [-0.25, -0.2) is 13.2 Å². The zero-order valence-corrected chi connectivity index (χ0v) is 16.5. The molecule has 1 saturated heterocycles. The van der Waals surface area contributed by atoms with Crippen LogP contribution < -0.4 is 0 Å². The summed E-state index contributed by atoms with van der Waals surface area (Å²) in [6.07, 6.45) is 2.93. The maximum absolute atomic E-state index is 14.4. The van der Waals surface area contributed by atoms with Crippen molar-refractivity contribution in [3.05, 3.63) is 70.7 Å². The fraction of sp³-hybridized carbons (Fsp3) is 0.375. The van der Waals surface area contributed by atoms with Crippen LogP contribution >= 0.6 is 0 Å². The smallest absolute Gasteiger partial charge is 0.194 e.